The average molecular weight is 793 g/mol. The third-order valence-electron chi connectivity index (χ3n) is 4.10. The van der Waals surface area contributed by atoms with Crippen molar-refractivity contribution in [2.24, 2.45) is 0 Å². The molecule has 38 heavy (non-hydrogen) atoms. The molecule has 3 rings (SSSR count). The van der Waals surface area contributed by atoms with Crippen LogP contribution in [-0.2, 0) is 0 Å². The van der Waals surface area contributed by atoms with Crippen LogP contribution in [0.15, 0.2) is 72.8 Å². The summed E-state index contributed by atoms with van der Waals surface area (Å²) in [5.74, 6) is -9.11. The molecule has 0 bridgehead atoms. The van der Waals surface area contributed by atoms with Crippen molar-refractivity contribution < 1.29 is 140 Å². The van der Waals surface area contributed by atoms with Gasteiger partial charge in [0.2, 0.25) is 0 Å². The number of carboxylic acids is 6. The predicted octanol–water partition coefficient (Wildman–Crippen LogP) is -4.76. The van der Waals surface area contributed by atoms with Crippen LogP contribution in [0.3, 0.4) is 0 Å². The maximum Gasteiger partial charge on any atom is 3.00 e. The Balaban J connectivity index is 0. The van der Waals surface area contributed by atoms with E-state index in [4.69, 9.17) is 0 Å². The van der Waals surface area contributed by atoms with Crippen LogP contribution in [0.25, 0.3) is 0 Å². The number of hydrogen-bond donors (Lipinski definition) is 0. The summed E-state index contributed by atoms with van der Waals surface area (Å²) in [6.45, 7) is 0. The molecule has 3 aromatic rings. The van der Waals surface area contributed by atoms with E-state index < -0.39 is 35.8 Å². The van der Waals surface area contributed by atoms with Gasteiger partial charge in [0.15, 0.2) is 0 Å². The van der Waals surface area contributed by atoms with Gasteiger partial charge in [0.25, 0.3) is 0 Å². The molecule has 0 unspecified atom stereocenters. The van der Waals surface area contributed by atoms with Crippen molar-refractivity contribution >= 4 is 35.8 Å². The second-order valence-corrected chi connectivity index (χ2v) is 6.36. The van der Waals surface area contributed by atoms with E-state index in [1.165, 1.54) is 36.4 Å². The van der Waals surface area contributed by atoms with E-state index in [0.717, 1.165) is 36.4 Å². The molecular weight excluding hydrogens is 781 g/mol. The molecule has 0 heterocycles. The molecule has 3 aromatic carbocycles. The minimum Gasteiger partial charge on any atom is -0.545 e. The molecule has 0 aliphatic rings. The van der Waals surface area contributed by atoms with Crippen LogP contribution >= 0.6 is 0 Å². The molecule has 0 N–H and O–H groups in total. The Hall–Kier alpha value is -2.84. The minimum absolute atomic E-state index is 0. The van der Waals surface area contributed by atoms with Gasteiger partial charge in [-0.05, 0) is 0 Å². The topological polar surface area (TPSA) is 241 Å². The van der Waals surface area contributed by atoms with Gasteiger partial charge in [-0.2, -0.15) is 0 Å². The molecule has 0 saturated heterocycles. The van der Waals surface area contributed by atoms with Gasteiger partial charge in [-0.25, -0.2) is 0 Å². The van der Waals surface area contributed by atoms with Crippen LogP contribution in [0.4, 0.5) is 0 Å². The Labute approximate surface area is 279 Å². The number of aromatic carboxylic acids is 6. The minimum atomic E-state index is -1.52. The Morgan fingerprint density at radius 2 is 0.421 bits per heavy atom. The van der Waals surface area contributed by atoms with Gasteiger partial charge in [-0.1, -0.05) is 72.8 Å². The Bertz CT molecular complexity index is 1060. The smallest absolute Gasteiger partial charge is 0.545 e. The molecule has 2 radical (unpaired) electrons. The first-order chi connectivity index (χ1) is 16.9. The normalized spacial score (nSPS) is 8.84. The Morgan fingerprint density at radius 1 is 0.316 bits per heavy atom. The molecule has 0 amide bonds. The van der Waals surface area contributed by atoms with E-state index in [1.807, 2.05) is 0 Å². The van der Waals surface area contributed by atoms with Crippen LogP contribution < -0.4 is 30.6 Å². The van der Waals surface area contributed by atoms with Gasteiger partial charge in [0.1, 0.15) is 0 Å². The molecular formula is C24H12O12Sm2. The first-order valence-corrected chi connectivity index (χ1v) is 9.43. The number of rotatable bonds is 6. The summed E-state index contributed by atoms with van der Waals surface area (Å²) in [6, 6.07) is 15.4. The first kappa shape index (κ1) is 37.3. The van der Waals surface area contributed by atoms with Crippen molar-refractivity contribution in [3.05, 3.63) is 106 Å². The van der Waals surface area contributed by atoms with Crippen molar-refractivity contribution in [1.82, 2.24) is 0 Å². The fourth-order valence-electron chi connectivity index (χ4n) is 2.52. The van der Waals surface area contributed by atoms with Gasteiger partial charge in [-0.15, -0.1) is 0 Å². The maximum atomic E-state index is 10.3. The zero-order valence-corrected chi connectivity index (χ0v) is 23.9. The summed E-state index contributed by atoms with van der Waals surface area (Å²) < 4.78 is 0. The van der Waals surface area contributed by atoms with Gasteiger partial charge >= 0.3 is 80.8 Å². The number of benzene rings is 3. The standard InChI is InChI=1S/3C8H6O4.2Sm/c3*9-7(10)5-3-1-2-4-6(5)8(11)12;;/h3*1-4H,(H,9,10)(H,11,12);;/q;;;2*+3/p-6. The van der Waals surface area contributed by atoms with Gasteiger partial charge in [-0.3, -0.25) is 0 Å². The molecule has 12 nitrogen and oxygen atoms in total. The summed E-state index contributed by atoms with van der Waals surface area (Å²) in [7, 11) is 0. The Morgan fingerprint density at radius 3 is 0.500 bits per heavy atom. The molecule has 14 heteroatoms. The SMILES string of the molecule is O=C([O-])c1ccccc1C(=O)[O-].O=C([O-])c1ccccc1C(=O)[O-].O=C([O-])c1ccccc1C(=O)[O-].[Sm+3].[Sm+3]. The number of carboxylic acid groups (broad SMARTS) is 6. The molecule has 0 spiro atoms. The summed E-state index contributed by atoms with van der Waals surface area (Å²) in [6.07, 6.45) is 0. The van der Waals surface area contributed by atoms with Gasteiger partial charge in [0.05, 0.1) is 35.8 Å². The quantitative estimate of drug-likeness (QED) is 0.229. The van der Waals surface area contributed by atoms with Crippen LogP contribution in [0.1, 0.15) is 62.1 Å². The van der Waals surface area contributed by atoms with Crippen LogP contribution in [0.2, 0.25) is 0 Å². The maximum absolute atomic E-state index is 10.3. The van der Waals surface area contributed by atoms with Gasteiger partial charge < -0.3 is 59.4 Å². The van der Waals surface area contributed by atoms with E-state index in [2.05, 4.69) is 0 Å². The zero-order chi connectivity index (χ0) is 27.4. The molecule has 0 fully saturated rings. The first-order valence-electron chi connectivity index (χ1n) is 9.43. The molecule has 0 saturated carbocycles. The van der Waals surface area contributed by atoms with Crippen LogP contribution in [-0.4, -0.2) is 35.8 Å². The summed E-state index contributed by atoms with van der Waals surface area (Å²) >= 11 is 0. The molecule has 192 valence electrons. The third kappa shape index (κ3) is 11.7. The van der Waals surface area contributed by atoms with E-state index >= 15 is 0 Å². The second kappa shape index (κ2) is 18.4. The number of hydrogen-bond acceptors (Lipinski definition) is 12. The van der Waals surface area contributed by atoms with E-state index in [1.54, 1.807) is 0 Å². The van der Waals surface area contributed by atoms with Crippen molar-refractivity contribution in [2.75, 3.05) is 0 Å². The van der Waals surface area contributed by atoms with Crippen molar-refractivity contribution in [2.45, 2.75) is 0 Å². The van der Waals surface area contributed by atoms with E-state index in [-0.39, 0.29) is 114 Å². The largest absolute Gasteiger partial charge is 3.00 e. The fraction of sp³-hybridized carbons (Fsp3) is 0. The summed E-state index contributed by atoms with van der Waals surface area (Å²) in [5.41, 5.74) is -2.18. The second-order valence-electron chi connectivity index (χ2n) is 6.36. The van der Waals surface area contributed by atoms with E-state index in [0.29, 0.717) is 0 Å². The molecule has 0 atom stereocenters. The Kier molecular flexibility index (Phi) is 18.1. The predicted molar refractivity (Wildman–Crippen MR) is 105 cm³/mol. The third-order valence-corrected chi connectivity index (χ3v) is 4.10. The van der Waals surface area contributed by atoms with Crippen molar-refractivity contribution in [3.8, 4) is 0 Å². The molecule has 0 aliphatic heterocycles. The number of carbonyl (C=O) groups is 6. The van der Waals surface area contributed by atoms with Crippen LogP contribution in [0, 0.1) is 80.8 Å². The van der Waals surface area contributed by atoms with Gasteiger partial charge in [0, 0.05) is 33.4 Å². The van der Waals surface area contributed by atoms with E-state index in [9.17, 15) is 59.4 Å². The number of carbonyl (C=O) groups excluding carboxylic acids is 6. The average Bonchev–Trinajstić information content (AvgIpc) is 2.84. The molecule has 0 aromatic heterocycles. The molecule has 0 aliphatic carbocycles. The summed E-state index contributed by atoms with van der Waals surface area (Å²) in [4.78, 5) is 61.9. The zero-order valence-electron chi connectivity index (χ0n) is 18.6. The van der Waals surface area contributed by atoms with Crippen molar-refractivity contribution in [3.63, 3.8) is 0 Å². The fourth-order valence-corrected chi connectivity index (χ4v) is 2.52. The van der Waals surface area contributed by atoms with Crippen LogP contribution in [0.5, 0.6) is 0 Å². The monoisotopic (exact) mass is 796 g/mol. The summed E-state index contributed by atoms with van der Waals surface area (Å²) in [5, 5.41) is 61.9. The van der Waals surface area contributed by atoms with Crippen molar-refractivity contribution in [1.29, 1.82) is 0 Å².